The average molecular weight is 349 g/mol. The molecule has 108 valence electrons. The smallest absolute Gasteiger partial charge is 0.360 e. The van der Waals surface area contributed by atoms with E-state index in [-0.39, 0.29) is 12.3 Å². The Balaban J connectivity index is 1.91. The maximum Gasteiger partial charge on any atom is 0.360 e. The summed E-state index contributed by atoms with van der Waals surface area (Å²) in [6, 6.07) is 9.83. The van der Waals surface area contributed by atoms with Crippen molar-refractivity contribution in [3.8, 4) is 6.07 Å². The van der Waals surface area contributed by atoms with Crippen LogP contribution in [0.1, 0.15) is 21.8 Å². The maximum atomic E-state index is 11.8. The van der Waals surface area contributed by atoms with Crippen molar-refractivity contribution in [2.45, 2.75) is 13.3 Å². The number of carbonyl (C=O) groups excluding carboxylic acids is 1. The van der Waals surface area contributed by atoms with E-state index in [2.05, 4.69) is 27.0 Å². The zero-order valence-corrected chi connectivity index (χ0v) is 13.0. The molecule has 0 spiro atoms. The zero-order chi connectivity index (χ0) is 15.2. The first kappa shape index (κ1) is 15.3. The number of carbonyl (C=O) groups is 1. The number of ether oxygens (including phenoxy) is 1. The van der Waals surface area contributed by atoms with Crippen molar-refractivity contribution < 1.29 is 13.9 Å². The first-order valence-electron chi connectivity index (χ1n) is 6.31. The largest absolute Gasteiger partial charge is 0.459 e. The summed E-state index contributed by atoms with van der Waals surface area (Å²) < 4.78 is 11.0. The summed E-state index contributed by atoms with van der Waals surface area (Å²) in [6.07, 6.45) is 1.71. The molecule has 0 bridgehead atoms. The van der Waals surface area contributed by atoms with Crippen molar-refractivity contribution in [3.05, 3.63) is 52.1 Å². The molecule has 0 aliphatic rings. The van der Waals surface area contributed by atoms with Crippen molar-refractivity contribution in [2.24, 2.45) is 5.92 Å². The highest BCUT2D eigenvalue weighted by Gasteiger charge is 2.18. The molecule has 1 aromatic carbocycles. The first-order chi connectivity index (χ1) is 10.1. The van der Waals surface area contributed by atoms with E-state index in [9.17, 15) is 4.79 Å². The van der Waals surface area contributed by atoms with E-state index in [0.29, 0.717) is 12.2 Å². The third kappa shape index (κ3) is 4.17. The van der Waals surface area contributed by atoms with Gasteiger partial charge in [0, 0.05) is 4.47 Å². The van der Waals surface area contributed by atoms with Crippen molar-refractivity contribution in [2.75, 3.05) is 6.61 Å². The minimum atomic E-state index is -0.572. The molecule has 2 rings (SSSR count). The Bertz CT molecular complexity index is 658. The number of esters is 1. The van der Waals surface area contributed by atoms with Crippen LogP contribution in [0.2, 0.25) is 0 Å². The van der Waals surface area contributed by atoms with E-state index >= 15 is 0 Å². The molecular formula is C15H13BrN2O3. The number of hydrogen-bond acceptors (Lipinski definition) is 5. The summed E-state index contributed by atoms with van der Waals surface area (Å²) in [5, 5.41) is 9.16. The van der Waals surface area contributed by atoms with Gasteiger partial charge in [0.2, 0.25) is 0 Å². The van der Waals surface area contributed by atoms with E-state index in [1.807, 2.05) is 24.3 Å². The standard InChI is InChI=1S/C15H13BrN2O3/c1-10-14(18-9-21-10)15(19)20-8-12(7-17)6-11-2-4-13(16)5-3-11/h2-5,9,12H,6,8H2,1H3/t12-/m1/s1. The Morgan fingerprint density at radius 1 is 1.48 bits per heavy atom. The highest BCUT2D eigenvalue weighted by molar-refractivity contribution is 9.10. The van der Waals surface area contributed by atoms with Gasteiger partial charge in [0.05, 0.1) is 12.0 Å². The summed E-state index contributed by atoms with van der Waals surface area (Å²) in [6.45, 7) is 1.66. The summed E-state index contributed by atoms with van der Waals surface area (Å²) in [5.41, 5.74) is 1.16. The van der Waals surface area contributed by atoms with E-state index < -0.39 is 11.9 Å². The topological polar surface area (TPSA) is 76.1 Å². The highest BCUT2D eigenvalue weighted by atomic mass is 79.9. The van der Waals surface area contributed by atoms with Gasteiger partial charge >= 0.3 is 5.97 Å². The molecule has 21 heavy (non-hydrogen) atoms. The zero-order valence-electron chi connectivity index (χ0n) is 11.4. The monoisotopic (exact) mass is 348 g/mol. The lowest BCUT2D eigenvalue weighted by Gasteiger charge is -2.09. The Labute approximate surface area is 130 Å². The van der Waals surface area contributed by atoms with Crippen LogP contribution in [-0.4, -0.2) is 17.6 Å². The third-order valence-electron chi connectivity index (χ3n) is 2.93. The molecule has 0 amide bonds. The predicted molar refractivity (Wildman–Crippen MR) is 78.5 cm³/mol. The molecule has 0 saturated heterocycles. The van der Waals surface area contributed by atoms with Crippen LogP contribution in [0.15, 0.2) is 39.5 Å². The lowest BCUT2D eigenvalue weighted by atomic mass is 10.0. The quantitative estimate of drug-likeness (QED) is 0.775. The lowest BCUT2D eigenvalue weighted by molar-refractivity contribution is 0.0460. The first-order valence-corrected chi connectivity index (χ1v) is 7.10. The maximum absolute atomic E-state index is 11.8. The molecule has 1 aromatic heterocycles. The van der Waals surface area contributed by atoms with Gasteiger partial charge in [0.25, 0.3) is 0 Å². The van der Waals surface area contributed by atoms with E-state index in [1.54, 1.807) is 6.92 Å². The molecule has 0 aliphatic carbocycles. The molecular weight excluding hydrogens is 336 g/mol. The highest BCUT2D eigenvalue weighted by Crippen LogP contribution is 2.15. The molecule has 0 aliphatic heterocycles. The molecule has 0 fully saturated rings. The van der Waals surface area contributed by atoms with Crippen LogP contribution in [0.4, 0.5) is 0 Å². The van der Waals surface area contributed by atoms with Gasteiger partial charge in [-0.25, -0.2) is 9.78 Å². The number of rotatable bonds is 5. The number of nitrogens with zero attached hydrogens (tertiary/aromatic N) is 2. The summed E-state index contributed by atoms with van der Waals surface area (Å²) in [7, 11) is 0. The third-order valence-corrected chi connectivity index (χ3v) is 3.46. The Morgan fingerprint density at radius 3 is 2.76 bits per heavy atom. The molecule has 5 nitrogen and oxygen atoms in total. The molecule has 0 N–H and O–H groups in total. The second-order valence-electron chi connectivity index (χ2n) is 4.51. The Morgan fingerprint density at radius 2 is 2.19 bits per heavy atom. The molecule has 2 aromatic rings. The van der Waals surface area contributed by atoms with Gasteiger partial charge in [-0.2, -0.15) is 5.26 Å². The van der Waals surface area contributed by atoms with Gasteiger partial charge in [-0.05, 0) is 31.0 Å². The summed E-state index contributed by atoms with van der Waals surface area (Å²) in [4.78, 5) is 15.6. The van der Waals surface area contributed by atoms with Crippen molar-refractivity contribution in [3.63, 3.8) is 0 Å². The molecule has 0 unspecified atom stereocenters. The fraction of sp³-hybridized carbons (Fsp3) is 0.267. The number of aromatic nitrogens is 1. The van der Waals surface area contributed by atoms with Gasteiger partial charge in [-0.15, -0.1) is 0 Å². The second kappa shape index (κ2) is 7.04. The number of nitriles is 1. The van der Waals surface area contributed by atoms with Crippen LogP contribution in [0.25, 0.3) is 0 Å². The minimum absolute atomic E-state index is 0.0255. The minimum Gasteiger partial charge on any atom is -0.459 e. The van der Waals surface area contributed by atoms with Gasteiger partial charge in [0.15, 0.2) is 12.1 Å². The summed E-state index contributed by atoms with van der Waals surface area (Å²) >= 11 is 3.36. The fourth-order valence-corrected chi connectivity index (χ4v) is 2.06. The molecule has 0 radical (unpaired) electrons. The molecule has 0 saturated carbocycles. The Hall–Kier alpha value is -2.13. The van der Waals surface area contributed by atoms with Crippen molar-refractivity contribution in [1.29, 1.82) is 5.26 Å². The number of halogens is 1. The van der Waals surface area contributed by atoms with Crippen molar-refractivity contribution in [1.82, 2.24) is 4.98 Å². The van der Waals surface area contributed by atoms with Crippen LogP contribution < -0.4 is 0 Å². The van der Waals surface area contributed by atoms with Gasteiger partial charge in [-0.1, -0.05) is 28.1 Å². The number of oxazole rings is 1. The van der Waals surface area contributed by atoms with Crippen LogP contribution in [-0.2, 0) is 11.2 Å². The number of benzene rings is 1. The lowest BCUT2D eigenvalue weighted by Crippen LogP contribution is -2.16. The number of hydrogen-bond donors (Lipinski definition) is 0. The average Bonchev–Trinajstić information content (AvgIpc) is 2.91. The number of aryl methyl sites for hydroxylation is 1. The van der Waals surface area contributed by atoms with E-state index in [4.69, 9.17) is 14.4 Å². The van der Waals surface area contributed by atoms with Gasteiger partial charge in [-0.3, -0.25) is 0 Å². The van der Waals surface area contributed by atoms with Gasteiger partial charge < -0.3 is 9.15 Å². The van der Waals surface area contributed by atoms with E-state index in [1.165, 1.54) is 6.39 Å². The fourth-order valence-electron chi connectivity index (χ4n) is 1.79. The SMILES string of the molecule is Cc1ocnc1C(=O)OC[C@@H](C#N)Cc1ccc(Br)cc1. The Kier molecular flexibility index (Phi) is 5.12. The molecule has 6 heteroatoms. The normalized spacial score (nSPS) is 11.7. The van der Waals surface area contributed by atoms with Crippen LogP contribution in [0, 0.1) is 24.2 Å². The molecule has 1 heterocycles. The van der Waals surface area contributed by atoms with E-state index in [0.717, 1.165) is 10.0 Å². The second-order valence-corrected chi connectivity index (χ2v) is 5.43. The molecule has 1 atom stereocenters. The van der Waals surface area contributed by atoms with Crippen molar-refractivity contribution >= 4 is 21.9 Å². The van der Waals surface area contributed by atoms with Crippen LogP contribution >= 0.6 is 15.9 Å². The van der Waals surface area contributed by atoms with Crippen LogP contribution in [0.3, 0.4) is 0 Å². The van der Waals surface area contributed by atoms with Gasteiger partial charge in [0.1, 0.15) is 12.4 Å². The summed E-state index contributed by atoms with van der Waals surface area (Å²) in [5.74, 6) is -0.568. The predicted octanol–water partition coefficient (Wildman–Crippen LogP) is 3.28. The van der Waals surface area contributed by atoms with Crippen LogP contribution in [0.5, 0.6) is 0 Å².